The van der Waals surface area contributed by atoms with E-state index in [1.165, 1.54) is 0 Å². The van der Waals surface area contributed by atoms with E-state index in [1.54, 1.807) is 20.3 Å². The van der Waals surface area contributed by atoms with Crippen LogP contribution in [-0.4, -0.2) is 57.9 Å². The maximum Gasteiger partial charge on any atom is 0.271 e. The SMILES string of the molecule is COc1ccc(OC)c(-c2cc(C(=O)N3CCC(n4c(C)nc5ccccc54)C3)[nH]n2)c1. The van der Waals surface area contributed by atoms with Crippen molar-refractivity contribution in [3.8, 4) is 22.8 Å². The summed E-state index contributed by atoms with van der Waals surface area (Å²) < 4.78 is 13.0. The average molecular weight is 431 g/mol. The van der Waals surface area contributed by atoms with Gasteiger partial charge >= 0.3 is 0 Å². The molecular formula is C24H25N5O3. The van der Waals surface area contributed by atoms with Crippen molar-refractivity contribution in [3.05, 3.63) is 60.0 Å². The number of H-pyrrole nitrogens is 1. The van der Waals surface area contributed by atoms with Crippen LogP contribution in [0.1, 0.15) is 28.8 Å². The summed E-state index contributed by atoms with van der Waals surface area (Å²) in [5.74, 6) is 2.27. The molecule has 2 aromatic carbocycles. The highest BCUT2D eigenvalue weighted by atomic mass is 16.5. The van der Waals surface area contributed by atoms with Gasteiger partial charge in [-0.25, -0.2) is 4.98 Å². The number of amides is 1. The molecule has 2 aromatic heterocycles. The van der Waals surface area contributed by atoms with Gasteiger partial charge in [0.1, 0.15) is 23.0 Å². The number of methoxy groups -OCH3 is 2. The number of benzene rings is 2. The molecule has 0 spiro atoms. The fourth-order valence-electron chi connectivity index (χ4n) is 4.52. The molecule has 3 heterocycles. The largest absolute Gasteiger partial charge is 0.497 e. The van der Waals surface area contributed by atoms with E-state index >= 15 is 0 Å². The molecule has 8 nitrogen and oxygen atoms in total. The lowest BCUT2D eigenvalue weighted by atomic mass is 10.1. The molecule has 32 heavy (non-hydrogen) atoms. The lowest BCUT2D eigenvalue weighted by molar-refractivity contribution is 0.0782. The number of nitrogens with zero attached hydrogens (tertiary/aromatic N) is 4. The maximum atomic E-state index is 13.2. The van der Waals surface area contributed by atoms with E-state index in [0.29, 0.717) is 36.0 Å². The third-order valence-electron chi connectivity index (χ3n) is 6.08. The molecule has 4 aromatic rings. The van der Waals surface area contributed by atoms with Crippen LogP contribution in [0.15, 0.2) is 48.5 Å². The molecular weight excluding hydrogens is 406 g/mol. The second-order valence-corrected chi connectivity index (χ2v) is 7.94. The Bertz CT molecular complexity index is 1290. The monoisotopic (exact) mass is 431 g/mol. The van der Waals surface area contributed by atoms with Gasteiger partial charge in [-0.2, -0.15) is 5.10 Å². The van der Waals surface area contributed by atoms with Crippen LogP contribution in [0, 0.1) is 6.92 Å². The third kappa shape index (κ3) is 3.37. The van der Waals surface area contributed by atoms with Crippen LogP contribution < -0.4 is 9.47 Å². The molecule has 1 unspecified atom stereocenters. The number of nitrogens with one attached hydrogen (secondary N) is 1. The molecule has 1 aliphatic rings. The van der Waals surface area contributed by atoms with Crippen molar-refractivity contribution in [2.24, 2.45) is 0 Å². The topological polar surface area (TPSA) is 85.3 Å². The number of ether oxygens (including phenoxy) is 2. The first-order chi connectivity index (χ1) is 15.6. The Morgan fingerprint density at radius 2 is 1.97 bits per heavy atom. The summed E-state index contributed by atoms with van der Waals surface area (Å²) in [6.07, 6.45) is 0.887. The van der Waals surface area contributed by atoms with Gasteiger partial charge in [0.2, 0.25) is 0 Å². The summed E-state index contributed by atoms with van der Waals surface area (Å²) in [5, 5.41) is 7.27. The van der Waals surface area contributed by atoms with Gasteiger partial charge in [-0.3, -0.25) is 9.89 Å². The molecule has 1 N–H and O–H groups in total. The predicted molar refractivity (Wildman–Crippen MR) is 121 cm³/mol. The van der Waals surface area contributed by atoms with Crippen LogP contribution >= 0.6 is 0 Å². The Labute approximate surface area is 185 Å². The molecule has 1 saturated heterocycles. The molecule has 1 amide bonds. The van der Waals surface area contributed by atoms with Gasteiger partial charge in [0.05, 0.1) is 37.0 Å². The number of rotatable bonds is 5. The van der Waals surface area contributed by atoms with E-state index in [0.717, 1.165) is 28.8 Å². The average Bonchev–Trinajstić information content (AvgIpc) is 3.56. The number of aryl methyl sites for hydroxylation is 1. The molecule has 1 fully saturated rings. The first kappa shape index (κ1) is 20.1. The minimum absolute atomic E-state index is 0.0600. The zero-order chi connectivity index (χ0) is 22.2. The van der Waals surface area contributed by atoms with E-state index in [4.69, 9.17) is 9.47 Å². The van der Waals surface area contributed by atoms with Gasteiger partial charge < -0.3 is 18.9 Å². The Morgan fingerprint density at radius 1 is 1.12 bits per heavy atom. The van der Waals surface area contributed by atoms with Crippen molar-refractivity contribution in [3.63, 3.8) is 0 Å². The standard InChI is InChI=1S/C24H25N5O3/c1-15-25-19-6-4-5-7-22(19)29(15)16-10-11-28(14-16)24(30)21-13-20(26-27-21)18-12-17(31-2)8-9-23(18)32-3/h4-9,12-13,16H,10-11,14H2,1-3H3,(H,26,27). The van der Waals surface area contributed by atoms with Crippen molar-refractivity contribution in [2.45, 2.75) is 19.4 Å². The maximum absolute atomic E-state index is 13.2. The highest BCUT2D eigenvalue weighted by Crippen LogP contribution is 2.33. The van der Waals surface area contributed by atoms with Gasteiger partial charge in [-0.1, -0.05) is 12.1 Å². The second-order valence-electron chi connectivity index (χ2n) is 7.94. The van der Waals surface area contributed by atoms with Gasteiger partial charge in [0, 0.05) is 18.7 Å². The normalized spacial score (nSPS) is 16.0. The van der Waals surface area contributed by atoms with Crippen LogP contribution in [0.4, 0.5) is 0 Å². The van der Waals surface area contributed by atoms with Crippen molar-refractivity contribution in [2.75, 3.05) is 27.3 Å². The number of aromatic nitrogens is 4. The predicted octanol–water partition coefficient (Wildman–Crippen LogP) is 3.84. The van der Waals surface area contributed by atoms with Crippen molar-refractivity contribution in [1.29, 1.82) is 0 Å². The molecule has 164 valence electrons. The zero-order valence-corrected chi connectivity index (χ0v) is 18.3. The summed E-state index contributed by atoms with van der Waals surface area (Å²) >= 11 is 0. The number of hydrogen-bond donors (Lipinski definition) is 1. The minimum Gasteiger partial charge on any atom is -0.497 e. The number of para-hydroxylation sites is 2. The number of aromatic amines is 1. The molecule has 1 aliphatic heterocycles. The van der Waals surface area contributed by atoms with Gasteiger partial charge in [-0.15, -0.1) is 0 Å². The third-order valence-corrected chi connectivity index (χ3v) is 6.08. The smallest absolute Gasteiger partial charge is 0.271 e. The summed E-state index contributed by atoms with van der Waals surface area (Å²) in [4.78, 5) is 19.8. The Hall–Kier alpha value is -3.81. The fourth-order valence-corrected chi connectivity index (χ4v) is 4.52. The number of carbonyl (C=O) groups excluding carboxylic acids is 1. The van der Waals surface area contributed by atoms with Crippen LogP contribution in [0.25, 0.3) is 22.3 Å². The first-order valence-electron chi connectivity index (χ1n) is 10.6. The lowest BCUT2D eigenvalue weighted by Crippen LogP contribution is -2.29. The van der Waals surface area contributed by atoms with Gasteiger partial charge in [0.25, 0.3) is 5.91 Å². The van der Waals surface area contributed by atoms with Crippen LogP contribution in [0.2, 0.25) is 0 Å². The number of fused-ring (bicyclic) bond motifs is 1. The molecule has 8 heteroatoms. The highest BCUT2D eigenvalue weighted by molar-refractivity contribution is 5.94. The number of hydrogen-bond acceptors (Lipinski definition) is 5. The van der Waals surface area contributed by atoms with Crippen molar-refractivity contribution < 1.29 is 14.3 Å². The van der Waals surface area contributed by atoms with E-state index in [9.17, 15) is 4.79 Å². The molecule has 0 aliphatic carbocycles. The van der Waals surface area contributed by atoms with Crippen molar-refractivity contribution in [1.82, 2.24) is 24.6 Å². The number of likely N-dealkylation sites (tertiary alicyclic amines) is 1. The number of imidazole rings is 1. The Morgan fingerprint density at radius 3 is 2.78 bits per heavy atom. The van der Waals surface area contributed by atoms with Crippen molar-refractivity contribution >= 4 is 16.9 Å². The van der Waals surface area contributed by atoms with Gasteiger partial charge in [-0.05, 0) is 49.7 Å². The van der Waals surface area contributed by atoms with Gasteiger partial charge in [0.15, 0.2) is 0 Å². The van der Waals surface area contributed by atoms with E-state index in [1.807, 2.05) is 48.2 Å². The molecule has 0 saturated carbocycles. The number of carbonyl (C=O) groups is 1. The van der Waals surface area contributed by atoms with Crippen LogP contribution in [0.5, 0.6) is 11.5 Å². The summed E-state index contributed by atoms with van der Waals surface area (Å²) in [6.45, 7) is 3.34. The summed E-state index contributed by atoms with van der Waals surface area (Å²) in [6, 6.07) is 15.6. The fraction of sp³-hybridized carbons (Fsp3) is 0.292. The Balaban J connectivity index is 1.37. The van der Waals surface area contributed by atoms with E-state index < -0.39 is 0 Å². The first-order valence-corrected chi connectivity index (χ1v) is 10.6. The van der Waals surface area contributed by atoms with Crippen LogP contribution in [0.3, 0.4) is 0 Å². The molecule has 5 rings (SSSR count). The summed E-state index contributed by atoms with van der Waals surface area (Å²) in [7, 11) is 3.22. The highest BCUT2D eigenvalue weighted by Gasteiger charge is 2.30. The zero-order valence-electron chi connectivity index (χ0n) is 18.3. The molecule has 0 bridgehead atoms. The molecule has 0 radical (unpaired) electrons. The minimum atomic E-state index is -0.0600. The summed E-state index contributed by atoms with van der Waals surface area (Å²) in [5.41, 5.74) is 3.95. The molecule has 1 atom stereocenters. The van der Waals surface area contributed by atoms with E-state index in [-0.39, 0.29) is 11.9 Å². The quantitative estimate of drug-likeness (QED) is 0.519. The Kier molecular flexibility index (Phi) is 5.05. The second kappa shape index (κ2) is 8.03. The lowest BCUT2D eigenvalue weighted by Gasteiger charge is -2.17. The van der Waals surface area contributed by atoms with E-state index in [2.05, 4.69) is 25.8 Å². The van der Waals surface area contributed by atoms with Crippen LogP contribution in [-0.2, 0) is 0 Å².